The van der Waals surface area contributed by atoms with Crippen molar-refractivity contribution in [2.75, 3.05) is 18.4 Å². The third-order valence-electron chi connectivity index (χ3n) is 3.71. The Bertz CT molecular complexity index is 1010. The summed E-state index contributed by atoms with van der Waals surface area (Å²) in [5, 5.41) is 3.06. The van der Waals surface area contributed by atoms with E-state index in [0.717, 1.165) is 11.3 Å². The van der Waals surface area contributed by atoms with Crippen LogP contribution in [0.4, 0.5) is 10.3 Å². The number of halogens is 1. The van der Waals surface area contributed by atoms with Crippen LogP contribution >= 0.6 is 0 Å². The zero-order valence-electron chi connectivity index (χ0n) is 13.2. The quantitative estimate of drug-likeness (QED) is 0.581. The molecular formula is C17H15FN6O. The molecule has 0 fully saturated rings. The van der Waals surface area contributed by atoms with Crippen LogP contribution in [0.3, 0.4) is 0 Å². The van der Waals surface area contributed by atoms with Gasteiger partial charge in [0.1, 0.15) is 23.5 Å². The highest BCUT2D eigenvalue weighted by Crippen LogP contribution is 2.32. The Kier molecular flexibility index (Phi) is 3.87. The molecule has 0 aliphatic rings. The summed E-state index contributed by atoms with van der Waals surface area (Å²) in [5.41, 5.74) is 8.34. The lowest BCUT2D eigenvalue weighted by atomic mass is 10.1. The van der Waals surface area contributed by atoms with Crippen LogP contribution in [0.1, 0.15) is 0 Å². The summed E-state index contributed by atoms with van der Waals surface area (Å²) >= 11 is 0. The van der Waals surface area contributed by atoms with Crippen LogP contribution in [0.5, 0.6) is 0 Å². The third kappa shape index (κ3) is 2.83. The minimum atomic E-state index is -0.302. The predicted octanol–water partition coefficient (Wildman–Crippen LogP) is 2.56. The lowest BCUT2D eigenvalue weighted by molar-refractivity contribution is 0.596. The van der Waals surface area contributed by atoms with Gasteiger partial charge >= 0.3 is 5.84 Å². The molecule has 0 amide bonds. The van der Waals surface area contributed by atoms with Crippen molar-refractivity contribution in [2.24, 2.45) is 5.73 Å². The number of hydrogen-bond donors (Lipinski definition) is 2. The van der Waals surface area contributed by atoms with Gasteiger partial charge in [-0.15, -0.1) is 0 Å². The van der Waals surface area contributed by atoms with Crippen LogP contribution < -0.4 is 11.1 Å². The molecule has 3 aromatic heterocycles. The molecule has 25 heavy (non-hydrogen) atoms. The molecule has 0 bridgehead atoms. The molecule has 3 N–H and O–H groups in total. The fourth-order valence-electron chi connectivity index (χ4n) is 2.60. The number of fused-ring (bicyclic) bond motifs is 1. The Balaban J connectivity index is 1.87. The molecule has 0 aliphatic heterocycles. The van der Waals surface area contributed by atoms with Gasteiger partial charge in [0.25, 0.3) is 0 Å². The fourth-order valence-corrected chi connectivity index (χ4v) is 2.60. The number of oxazole rings is 1. The Hall–Kier alpha value is -3.26. The van der Waals surface area contributed by atoms with Crippen LogP contribution in [0.2, 0.25) is 0 Å². The summed E-state index contributed by atoms with van der Waals surface area (Å²) in [6, 6.07) is 7.94. The van der Waals surface area contributed by atoms with Crippen LogP contribution in [-0.2, 0) is 0 Å². The molecule has 1 aromatic carbocycles. The standard InChI is InChI=1S/C17H15FN6O/c18-12-3-1-11(2-4-12)14-15(24-9-10-25-17(24)23-14)13-5-7-20-16(22-13)21-8-6-19/h1-5,7,9-10H,6,8,19H2,(H,20,21,22). The van der Waals surface area contributed by atoms with E-state index >= 15 is 0 Å². The van der Waals surface area contributed by atoms with Gasteiger partial charge < -0.3 is 15.5 Å². The van der Waals surface area contributed by atoms with E-state index in [4.69, 9.17) is 10.2 Å². The molecule has 7 nitrogen and oxygen atoms in total. The number of imidazole rings is 1. The van der Waals surface area contributed by atoms with Crippen molar-refractivity contribution < 1.29 is 8.81 Å². The number of nitrogens with two attached hydrogens (primary N) is 1. The van der Waals surface area contributed by atoms with Gasteiger partial charge in [0.05, 0.1) is 5.69 Å². The van der Waals surface area contributed by atoms with Gasteiger partial charge in [0, 0.05) is 31.0 Å². The largest absolute Gasteiger partial charge is 0.432 e. The average Bonchev–Trinajstić information content (AvgIpc) is 3.22. The second-order valence-electron chi connectivity index (χ2n) is 5.35. The predicted molar refractivity (Wildman–Crippen MR) is 91.4 cm³/mol. The van der Waals surface area contributed by atoms with Gasteiger partial charge in [0.15, 0.2) is 0 Å². The zero-order valence-corrected chi connectivity index (χ0v) is 13.2. The first-order valence-electron chi connectivity index (χ1n) is 7.75. The first kappa shape index (κ1) is 15.3. The van der Waals surface area contributed by atoms with E-state index in [-0.39, 0.29) is 5.82 Å². The van der Waals surface area contributed by atoms with Gasteiger partial charge in [-0.05, 0) is 30.3 Å². The van der Waals surface area contributed by atoms with E-state index in [0.29, 0.717) is 36.3 Å². The smallest absolute Gasteiger partial charge is 0.306 e. The SMILES string of the molecule is NCCNc1nccc(-c2c(-c3ccc(F)cc3)nc3occn23)n1. The van der Waals surface area contributed by atoms with Crippen molar-refractivity contribution >= 4 is 11.8 Å². The summed E-state index contributed by atoms with van der Waals surface area (Å²) in [5.74, 6) is 0.611. The molecule has 0 unspecified atom stereocenters. The van der Waals surface area contributed by atoms with Gasteiger partial charge in [-0.2, -0.15) is 4.98 Å². The number of benzene rings is 1. The number of aromatic nitrogens is 4. The van der Waals surface area contributed by atoms with Gasteiger partial charge in [-0.3, -0.25) is 4.40 Å². The minimum absolute atomic E-state index is 0.302. The molecule has 3 heterocycles. The lowest BCUT2D eigenvalue weighted by Crippen LogP contribution is -2.14. The third-order valence-corrected chi connectivity index (χ3v) is 3.71. The van der Waals surface area contributed by atoms with Crippen molar-refractivity contribution in [2.45, 2.75) is 0 Å². The fraction of sp³-hybridized carbons (Fsp3) is 0.118. The van der Waals surface area contributed by atoms with Crippen LogP contribution in [0.25, 0.3) is 28.5 Å². The monoisotopic (exact) mass is 338 g/mol. The van der Waals surface area contributed by atoms with Crippen molar-refractivity contribution in [1.29, 1.82) is 0 Å². The Morgan fingerprint density at radius 1 is 1.16 bits per heavy atom. The molecule has 4 aromatic rings. The normalized spacial score (nSPS) is 11.1. The molecule has 0 aliphatic carbocycles. The maximum absolute atomic E-state index is 13.3. The topological polar surface area (TPSA) is 94.3 Å². The average molecular weight is 338 g/mol. The van der Waals surface area contributed by atoms with E-state index in [9.17, 15) is 4.39 Å². The lowest BCUT2D eigenvalue weighted by Gasteiger charge is -2.07. The summed E-state index contributed by atoms with van der Waals surface area (Å²) in [4.78, 5) is 13.2. The molecule has 0 radical (unpaired) electrons. The number of hydrogen-bond acceptors (Lipinski definition) is 6. The maximum atomic E-state index is 13.3. The van der Waals surface area contributed by atoms with Crippen LogP contribution in [0.15, 0.2) is 53.4 Å². The number of nitrogens with one attached hydrogen (secondary N) is 1. The Morgan fingerprint density at radius 2 is 2.00 bits per heavy atom. The molecule has 0 spiro atoms. The molecule has 4 rings (SSSR count). The molecule has 8 heteroatoms. The second-order valence-corrected chi connectivity index (χ2v) is 5.35. The van der Waals surface area contributed by atoms with Crippen LogP contribution in [0, 0.1) is 5.82 Å². The van der Waals surface area contributed by atoms with E-state index in [2.05, 4.69) is 20.3 Å². The van der Waals surface area contributed by atoms with Crippen molar-refractivity contribution in [3.63, 3.8) is 0 Å². The summed E-state index contributed by atoms with van der Waals surface area (Å²) < 4.78 is 20.5. The van der Waals surface area contributed by atoms with Gasteiger partial charge in [-0.1, -0.05) is 0 Å². The maximum Gasteiger partial charge on any atom is 0.306 e. The summed E-state index contributed by atoms with van der Waals surface area (Å²) in [7, 11) is 0. The van der Waals surface area contributed by atoms with Gasteiger partial charge in [-0.25, -0.2) is 14.4 Å². The highest BCUT2D eigenvalue weighted by atomic mass is 19.1. The highest BCUT2D eigenvalue weighted by Gasteiger charge is 2.19. The molecule has 0 atom stereocenters. The first-order valence-corrected chi connectivity index (χ1v) is 7.75. The van der Waals surface area contributed by atoms with Crippen molar-refractivity contribution in [1.82, 2.24) is 19.4 Å². The number of nitrogens with zero attached hydrogens (tertiary/aromatic N) is 4. The van der Waals surface area contributed by atoms with E-state index < -0.39 is 0 Å². The molecule has 0 saturated carbocycles. The minimum Gasteiger partial charge on any atom is -0.432 e. The van der Waals surface area contributed by atoms with Crippen molar-refractivity contribution in [3.8, 4) is 22.6 Å². The Morgan fingerprint density at radius 3 is 2.80 bits per heavy atom. The van der Waals surface area contributed by atoms with Crippen molar-refractivity contribution in [3.05, 3.63) is 54.8 Å². The molecule has 0 saturated heterocycles. The van der Waals surface area contributed by atoms with Crippen LogP contribution in [-0.4, -0.2) is 32.4 Å². The van der Waals surface area contributed by atoms with Gasteiger partial charge in [0.2, 0.25) is 5.95 Å². The second kappa shape index (κ2) is 6.33. The number of anilines is 1. The molecule has 126 valence electrons. The summed E-state index contributed by atoms with van der Waals surface area (Å²) in [6.07, 6.45) is 4.98. The highest BCUT2D eigenvalue weighted by molar-refractivity contribution is 5.79. The van der Waals surface area contributed by atoms with E-state index in [1.165, 1.54) is 12.1 Å². The van der Waals surface area contributed by atoms with E-state index in [1.54, 1.807) is 41.3 Å². The molecular weight excluding hydrogens is 323 g/mol. The summed E-state index contributed by atoms with van der Waals surface area (Å²) in [6.45, 7) is 1.05. The van der Waals surface area contributed by atoms with E-state index in [1.807, 2.05) is 0 Å². The Labute approximate surface area is 142 Å². The number of rotatable bonds is 5. The first-order chi connectivity index (χ1) is 12.3. The zero-order chi connectivity index (χ0) is 17.2.